The Bertz CT molecular complexity index is 1230. The third-order valence-corrected chi connectivity index (χ3v) is 5.04. The number of aromatic nitrogens is 2. The third kappa shape index (κ3) is 4.08. The Morgan fingerprint density at radius 2 is 1.69 bits per heavy atom. The van der Waals surface area contributed by atoms with Crippen LogP contribution in [0.1, 0.15) is 16.7 Å². The molecule has 4 rings (SSSR count). The van der Waals surface area contributed by atoms with Crippen molar-refractivity contribution < 1.29 is 9.67 Å². The summed E-state index contributed by atoms with van der Waals surface area (Å²) in [5, 5.41) is 13.9. The van der Waals surface area contributed by atoms with Gasteiger partial charge in [0, 0.05) is 17.5 Å². The molecule has 0 N–H and O–H groups in total. The quantitative estimate of drug-likeness (QED) is 0.479. The average Bonchev–Trinajstić information content (AvgIpc) is 2.75. The van der Waals surface area contributed by atoms with Gasteiger partial charge in [0.05, 0.1) is 17.6 Å². The van der Waals surface area contributed by atoms with Crippen molar-refractivity contribution in [1.29, 1.82) is 0 Å². The fourth-order valence-corrected chi connectivity index (χ4v) is 3.45. The van der Waals surface area contributed by atoms with Crippen LogP contribution in [-0.2, 0) is 13.0 Å². The van der Waals surface area contributed by atoms with Gasteiger partial charge in [0.15, 0.2) is 0 Å². The number of allylic oxidation sites excluding steroid dienone is 1. The second-order valence-corrected chi connectivity index (χ2v) is 7.18. The van der Waals surface area contributed by atoms with Gasteiger partial charge >= 0.3 is 5.56 Å². The third-order valence-electron chi connectivity index (χ3n) is 4.79. The molecule has 0 saturated heterocycles. The summed E-state index contributed by atoms with van der Waals surface area (Å²) in [6.45, 7) is 0.358. The monoisotopic (exact) mass is 402 g/mol. The lowest BCUT2D eigenvalue weighted by atomic mass is 10.1. The minimum absolute atomic E-state index is 0.259. The smallest absolute Gasteiger partial charge is 0.345 e. The zero-order valence-corrected chi connectivity index (χ0v) is 16.4. The summed E-state index contributed by atoms with van der Waals surface area (Å²) in [5.74, 6) is -0.259. The lowest BCUT2D eigenvalue weighted by Crippen LogP contribution is -2.44. The van der Waals surface area contributed by atoms with Crippen LogP contribution in [0.4, 0.5) is 0 Å². The first-order valence-corrected chi connectivity index (χ1v) is 9.70. The molecule has 0 radical (unpaired) electrons. The lowest BCUT2D eigenvalue weighted by molar-refractivity contribution is -0.708. The van der Waals surface area contributed by atoms with Crippen LogP contribution in [0, 0.1) is 0 Å². The van der Waals surface area contributed by atoms with Gasteiger partial charge in [-0.1, -0.05) is 66.2 Å². The number of pyridine rings is 1. The van der Waals surface area contributed by atoms with E-state index in [0.29, 0.717) is 23.6 Å². The summed E-state index contributed by atoms with van der Waals surface area (Å²) in [4.78, 5) is 13.0. The highest BCUT2D eigenvalue weighted by Gasteiger charge is 2.17. The summed E-state index contributed by atoms with van der Waals surface area (Å²) in [5.41, 5.74) is 2.48. The van der Waals surface area contributed by atoms with Crippen LogP contribution < -0.4 is 15.2 Å². The predicted octanol–water partition coefficient (Wildman–Crippen LogP) is 3.62. The largest absolute Gasteiger partial charge is 0.842 e. The molecule has 29 heavy (non-hydrogen) atoms. The van der Waals surface area contributed by atoms with Gasteiger partial charge < -0.3 is 5.11 Å². The number of halogens is 1. The molecule has 0 amide bonds. The Balaban J connectivity index is 1.76. The van der Waals surface area contributed by atoms with Crippen molar-refractivity contribution in [3.05, 3.63) is 117 Å². The molecule has 0 atom stereocenters. The maximum Gasteiger partial charge on any atom is 0.345 e. The summed E-state index contributed by atoms with van der Waals surface area (Å²) >= 11 is 5.92. The van der Waals surface area contributed by atoms with Gasteiger partial charge in [-0.05, 0) is 35.4 Å². The van der Waals surface area contributed by atoms with Crippen LogP contribution in [-0.4, -0.2) is 4.40 Å². The zero-order chi connectivity index (χ0) is 20.2. The Kier molecular flexibility index (Phi) is 5.45. The molecule has 4 aromatic rings. The molecule has 0 aliphatic heterocycles. The van der Waals surface area contributed by atoms with Crippen molar-refractivity contribution in [2.45, 2.75) is 13.0 Å². The molecule has 4 nitrogen and oxygen atoms in total. The highest BCUT2D eigenvalue weighted by molar-refractivity contribution is 6.30. The van der Waals surface area contributed by atoms with Crippen molar-refractivity contribution >= 4 is 23.3 Å². The highest BCUT2D eigenvalue weighted by Crippen LogP contribution is 2.13. The number of nitrogens with zero attached hydrogens (tertiary/aromatic N) is 2. The Labute approximate surface area is 173 Å². The molecule has 0 spiro atoms. The Hall–Kier alpha value is -3.37. The second kappa shape index (κ2) is 8.33. The van der Waals surface area contributed by atoms with Crippen molar-refractivity contribution in [3.63, 3.8) is 0 Å². The maximum absolute atomic E-state index is 13.2. The minimum Gasteiger partial charge on any atom is -0.842 e. The number of benzene rings is 2. The lowest BCUT2D eigenvalue weighted by Gasteiger charge is -2.16. The zero-order valence-electron chi connectivity index (χ0n) is 15.7. The van der Waals surface area contributed by atoms with E-state index < -0.39 is 0 Å². The molecular formula is C24H19ClN2O2. The first kappa shape index (κ1) is 19.0. The van der Waals surface area contributed by atoms with Gasteiger partial charge in [0.1, 0.15) is 6.54 Å². The molecule has 144 valence electrons. The molecule has 0 aliphatic rings. The SMILES string of the molecule is O=c1c(Cc2ccccc2)c([O-])[n+](C/C=C/c2ccc(Cl)cc2)c2ccccn12. The number of rotatable bonds is 5. The van der Waals surface area contributed by atoms with Crippen LogP contribution >= 0.6 is 11.6 Å². The van der Waals surface area contributed by atoms with E-state index in [2.05, 4.69) is 0 Å². The molecule has 0 fully saturated rings. The summed E-state index contributed by atoms with van der Waals surface area (Å²) in [7, 11) is 0. The number of fused-ring (bicyclic) bond motifs is 1. The molecule has 2 heterocycles. The van der Waals surface area contributed by atoms with Crippen LogP contribution in [0.15, 0.2) is 89.9 Å². The Morgan fingerprint density at radius 1 is 0.966 bits per heavy atom. The van der Waals surface area contributed by atoms with E-state index in [9.17, 15) is 9.90 Å². The highest BCUT2D eigenvalue weighted by atomic mass is 35.5. The molecule has 5 heteroatoms. The predicted molar refractivity (Wildman–Crippen MR) is 113 cm³/mol. The van der Waals surface area contributed by atoms with Gasteiger partial charge in [-0.2, -0.15) is 4.40 Å². The van der Waals surface area contributed by atoms with Gasteiger partial charge in [-0.3, -0.25) is 0 Å². The fraction of sp³-hybridized carbons (Fsp3) is 0.0833. The summed E-state index contributed by atoms with van der Waals surface area (Å²) in [6.07, 6.45) is 5.85. The van der Waals surface area contributed by atoms with Crippen molar-refractivity contribution in [2.24, 2.45) is 0 Å². The van der Waals surface area contributed by atoms with E-state index >= 15 is 0 Å². The summed E-state index contributed by atoms with van der Waals surface area (Å²) < 4.78 is 3.17. The first-order valence-electron chi connectivity index (χ1n) is 9.32. The van der Waals surface area contributed by atoms with Gasteiger partial charge in [-0.15, -0.1) is 0 Å². The van der Waals surface area contributed by atoms with Crippen LogP contribution in [0.2, 0.25) is 5.02 Å². The van der Waals surface area contributed by atoms with Crippen molar-refractivity contribution in [2.75, 3.05) is 0 Å². The summed E-state index contributed by atoms with van der Waals surface area (Å²) in [6, 6.07) is 22.4. The van der Waals surface area contributed by atoms with E-state index in [4.69, 9.17) is 11.6 Å². The van der Waals surface area contributed by atoms with Crippen LogP contribution in [0.5, 0.6) is 5.88 Å². The Morgan fingerprint density at radius 3 is 2.45 bits per heavy atom. The normalized spacial score (nSPS) is 11.3. The molecular weight excluding hydrogens is 384 g/mol. The standard InChI is InChI=1S/C24H19ClN2O2/c25-20-13-11-18(12-14-20)9-6-16-27-22-10-4-5-15-26(22)23(28)21(24(27)29)17-19-7-2-1-3-8-19/h1-15H,16-17H2/b9-6+. The molecule has 2 aromatic heterocycles. The second-order valence-electron chi connectivity index (χ2n) is 6.74. The van der Waals surface area contributed by atoms with Crippen molar-refractivity contribution in [3.8, 4) is 5.88 Å². The minimum atomic E-state index is -0.271. The van der Waals surface area contributed by atoms with Gasteiger partial charge in [0.25, 0.3) is 5.65 Å². The van der Waals surface area contributed by atoms with Crippen molar-refractivity contribution in [1.82, 2.24) is 4.40 Å². The van der Waals surface area contributed by atoms with E-state index in [1.54, 1.807) is 22.9 Å². The van der Waals surface area contributed by atoms with Crippen LogP contribution in [0.25, 0.3) is 11.7 Å². The topological polar surface area (TPSA) is 48.4 Å². The molecule has 0 unspecified atom stereocenters. The molecule has 2 aromatic carbocycles. The maximum atomic E-state index is 13.2. The molecule has 0 bridgehead atoms. The van der Waals surface area contributed by atoms with E-state index in [0.717, 1.165) is 11.1 Å². The first-order chi connectivity index (χ1) is 14.1. The van der Waals surface area contributed by atoms with Gasteiger partial charge in [-0.25, -0.2) is 9.36 Å². The average molecular weight is 403 g/mol. The van der Waals surface area contributed by atoms with E-state index in [-0.39, 0.29) is 17.0 Å². The van der Waals surface area contributed by atoms with E-state index in [1.165, 1.54) is 4.40 Å². The number of hydrogen-bond donors (Lipinski definition) is 0. The van der Waals surface area contributed by atoms with Gasteiger partial charge in [0.2, 0.25) is 0 Å². The van der Waals surface area contributed by atoms with E-state index in [1.807, 2.05) is 72.8 Å². The van der Waals surface area contributed by atoms with Crippen LogP contribution in [0.3, 0.4) is 0 Å². The molecule has 0 aliphatic carbocycles. The number of hydrogen-bond acceptors (Lipinski definition) is 2. The molecule has 0 saturated carbocycles. The fourth-order valence-electron chi connectivity index (χ4n) is 3.33.